The molecule has 0 saturated heterocycles. The summed E-state index contributed by atoms with van der Waals surface area (Å²) in [6.07, 6.45) is 2.02. The molecule has 1 aromatic carbocycles. The highest BCUT2D eigenvalue weighted by atomic mass is 35.5. The zero-order chi connectivity index (χ0) is 20.4. The van der Waals surface area contributed by atoms with Gasteiger partial charge in [-0.1, -0.05) is 38.3 Å². The number of nitrogens with one attached hydrogen (secondary N) is 1. The van der Waals surface area contributed by atoms with E-state index in [1.54, 1.807) is 0 Å². The molecule has 27 heavy (non-hydrogen) atoms. The molecule has 4 atom stereocenters. The van der Waals surface area contributed by atoms with Crippen molar-refractivity contribution in [3.63, 3.8) is 0 Å². The first-order valence-corrected chi connectivity index (χ1v) is 10.8. The molecule has 1 aliphatic carbocycles. The van der Waals surface area contributed by atoms with Gasteiger partial charge in [0.1, 0.15) is 0 Å². The standard InChI is InChI=1S/C18H25ClN2O5S/c1-10-5-4-6-16(11(10)2)21-17(22)12(3)26-18(23)14-9-13(27(20,24)25)7-8-15(14)19/h7-12,16H,4-6H2,1-3H3,(H,21,22)(H2,20,24,25)/t10-,11-,12-,16-/m1/s1. The van der Waals surface area contributed by atoms with Crippen molar-refractivity contribution in [3.05, 3.63) is 28.8 Å². The first kappa shape index (κ1) is 21.7. The number of hydrogen-bond acceptors (Lipinski definition) is 5. The molecule has 2 rings (SSSR count). The SMILES string of the molecule is C[C@@H]1[C@H](C)CCC[C@H]1NC(=O)[C@@H](C)OC(=O)c1cc(S(N)(=O)=O)ccc1Cl. The summed E-state index contributed by atoms with van der Waals surface area (Å²) in [7, 11) is -4.00. The molecule has 0 spiro atoms. The average molecular weight is 417 g/mol. The Morgan fingerprint density at radius 1 is 1.30 bits per heavy atom. The summed E-state index contributed by atoms with van der Waals surface area (Å²) in [6.45, 7) is 5.72. The van der Waals surface area contributed by atoms with Crippen molar-refractivity contribution in [1.29, 1.82) is 0 Å². The zero-order valence-electron chi connectivity index (χ0n) is 15.6. The van der Waals surface area contributed by atoms with E-state index in [4.69, 9.17) is 21.5 Å². The van der Waals surface area contributed by atoms with Gasteiger partial charge in [0.15, 0.2) is 6.10 Å². The van der Waals surface area contributed by atoms with Gasteiger partial charge in [-0.05, 0) is 43.4 Å². The maximum absolute atomic E-state index is 12.4. The molecule has 0 radical (unpaired) electrons. The van der Waals surface area contributed by atoms with Gasteiger partial charge in [-0.15, -0.1) is 0 Å². The number of benzene rings is 1. The molecule has 1 saturated carbocycles. The molecule has 0 heterocycles. The predicted molar refractivity (Wildman–Crippen MR) is 102 cm³/mol. The summed E-state index contributed by atoms with van der Waals surface area (Å²) < 4.78 is 28.1. The van der Waals surface area contributed by atoms with Gasteiger partial charge in [0.25, 0.3) is 5.91 Å². The number of carbonyl (C=O) groups excluding carboxylic acids is 2. The van der Waals surface area contributed by atoms with Gasteiger partial charge in [-0.2, -0.15) is 0 Å². The second kappa shape index (κ2) is 8.58. The van der Waals surface area contributed by atoms with Crippen LogP contribution in [0.2, 0.25) is 5.02 Å². The normalized spacial score (nSPS) is 24.1. The Kier molecular flexibility index (Phi) is 6.88. The van der Waals surface area contributed by atoms with Gasteiger partial charge in [-0.3, -0.25) is 4.79 Å². The number of nitrogens with two attached hydrogens (primary N) is 1. The van der Waals surface area contributed by atoms with E-state index < -0.39 is 28.0 Å². The van der Waals surface area contributed by atoms with Crippen molar-refractivity contribution in [2.45, 2.75) is 57.1 Å². The summed E-state index contributed by atoms with van der Waals surface area (Å²) in [4.78, 5) is 24.5. The van der Waals surface area contributed by atoms with Crippen LogP contribution < -0.4 is 10.5 Å². The number of sulfonamides is 1. The molecule has 7 nitrogen and oxygen atoms in total. The first-order chi connectivity index (χ1) is 12.5. The van der Waals surface area contributed by atoms with Crippen molar-refractivity contribution in [1.82, 2.24) is 5.32 Å². The predicted octanol–water partition coefficient (Wildman–Crippen LogP) is 2.47. The summed E-state index contributed by atoms with van der Waals surface area (Å²) in [5.74, 6) is -0.431. The van der Waals surface area contributed by atoms with Gasteiger partial charge < -0.3 is 10.1 Å². The van der Waals surface area contributed by atoms with E-state index in [1.165, 1.54) is 19.1 Å². The van der Waals surface area contributed by atoms with Gasteiger partial charge in [0, 0.05) is 6.04 Å². The molecule has 150 valence electrons. The monoisotopic (exact) mass is 416 g/mol. The second-order valence-corrected chi connectivity index (χ2v) is 9.09. The fourth-order valence-corrected chi connectivity index (χ4v) is 3.94. The highest BCUT2D eigenvalue weighted by Crippen LogP contribution is 2.29. The van der Waals surface area contributed by atoms with Crippen LogP contribution in [0, 0.1) is 11.8 Å². The highest BCUT2D eigenvalue weighted by Gasteiger charge is 2.30. The number of amides is 1. The minimum Gasteiger partial charge on any atom is -0.449 e. The molecule has 9 heteroatoms. The number of esters is 1. The number of hydrogen-bond donors (Lipinski definition) is 2. The number of carbonyl (C=O) groups is 2. The molecule has 0 aromatic heterocycles. The smallest absolute Gasteiger partial charge is 0.340 e. The van der Waals surface area contributed by atoms with Crippen LogP contribution in [-0.4, -0.2) is 32.4 Å². The molecule has 3 N–H and O–H groups in total. The molecule has 1 aromatic rings. The minimum atomic E-state index is -4.00. The van der Waals surface area contributed by atoms with E-state index >= 15 is 0 Å². The lowest BCUT2D eigenvalue weighted by molar-refractivity contribution is -0.130. The number of rotatable bonds is 5. The Morgan fingerprint density at radius 3 is 2.59 bits per heavy atom. The fourth-order valence-electron chi connectivity index (χ4n) is 3.20. The average Bonchev–Trinajstić information content (AvgIpc) is 2.58. The number of primary sulfonamides is 1. The van der Waals surface area contributed by atoms with Gasteiger partial charge in [0.05, 0.1) is 15.5 Å². The Bertz CT molecular complexity index is 827. The van der Waals surface area contributed by atoms with Crippen molar-refractivity contribution in [3.8, 4) is 0 Å². The van der Waals surface area contributed by atoms with E-state index in [-0.39, 0.29) is 21.5 Å². The van der Waals surface area contributed by atoms with Crippen LogP contribution in [0.15, 0.2) is 23.1 Å². The van der Waals surface area contributed by atoms with Gasteiger partial charge >= 0.3 is 5.97 Å². The van der Waals surface area contributed by atoms with E-state index in [0.29, 0.717) is 11.8 Å². The quantitative estimate of drug-likeness (QED) is 0.715. The maximum Gasteiger partial charge on any atom is 0.340 e. The Balaban J connectivity index is 2.06. The Hall–Kier alpha value is -1.64. The molecular formula is C18H25ClN2O5S. The molecular weight excluding hydrogens is 392 g/mol. The highest BCUT2D eigenvalue weighted by molar-refractivity contribution is 7.89. The van der Waals surface area contributed by atoms with Crippen LogP contribution in [0.1, 0.15) is 50.4 Å². The fraction of sp³-hybridized carbons (Fsp3) is 0.556. The molecule has 1 aliphatic rings. The van der Waals surface area contributed by atoms with E-state index in [2.05, 4.69) is 19.2 Å². The lowest BCUT2D eigenvalue weighted by Gasteiger charge is -2.35. The first-order valence-electron chi connectivity index (χ1n) is 8.84. The van der Waals surface area contributed by atoms with Crippen molar-refractivity contribution in [2.75, 3.05) is 0 Å². The summed E-state index contributed by atoms with van der Waals surface area (Å²) in [5, 5.41) is 8.02. The van der Waals surface area contributed by atoms with Crippen LogP contribution >= 0.6 is 11.6 Å². The molecule has 0 aliphatic heterocycles. The molecule has 1 amide bonds. The summed E-state index contributed by atoms with van der Waals surface area (Å²) in [6, 6.07) is 3.51. The lowest BCUT2D eigenvalue weighted by Crippen LogP contribution is -2.47. The van der Waals surface area contributed by atoms with Crippen LogP contribution in [0.5, 0.6) is 0 Å². The summed E-state index contributed by atoms with van der Waals surface area (Å²) >= 11 is 5.96. The van der Waals surface area contributed by atoms with Crippen molar-refractivity contribution < 1.29 is 22.7 Å². The third-order valence-electron chi connectivity index (χ3n) is 5.17. The number of halogens is 1. The lowest BCUT2D eigenvalue weighted by atomic mass is 9.78. The molecule has 0 unspecified atom stereocenters. The van der Waals surface area contributed by atoms with E-state index in [1.807, 2.05) is 0 Å². The Morgan fingerprint density at radius 2 is 1.96 bits per heavy atom. The third kappa shape index (κ3) is 5.43. The zero-order valence-corrected chi connectivity index (χ0v) is 17.1. The van der Waals surface area contributed by atoms with Crippen molar-refractivity contribution >= 4 is 33.5 Å². The van der Waals surface area contributed by atoms with Crippen molar-refractivity contribution in [2.24, 2.45) is 17.0 Å². The van der Waals surface area contributed by atoms with Gasteiger partial charge in [0.2, 0.25) is 10.0 Å². The minimum absolute atomic E-state index is 0.00901. The van der Waals surface area contributed by atoms with E-state index in [0.717, 1.165) is 25.3 Å². The Labute approximate surface area is 164 Å². The summed E-state index contributed by atoms with van der Waals surface area (Å²) in [5.41, 5.74) is -0.164. The topological polar surface area (TPSA) is 116 Å². The van der Waals surface area contributed by atoms with Gasteiger partial charge in [-0.25, -0.2) is 18.4 Å². The second-order valence-electron chi connectivity index (χ2n) is 7.12. The van der Waals surface area contributed by atoms with Crippen LogP contribution in [0.4, 0.5) is 0 Å². The number of ether oxygens (including phenoxy) is 1. The molecule has 1 fully saturated rings. The molecule has 0 bridgehead atoms. The third-order valence-corrected chi connectivity index (χ3v) is 6.41. The van der Waals surface area contributed by atoms with Crippen LogP contribution in [0.3, 0.4) is 0 Å². The maximum atomic E-state index is 12.4. The largest absolute Gasteiger partial charge is 0.449 e. The van der Waals surface area contributed by atoms with Crippen LogP contribution in [0.25, 0.3) is 0 Å². The van der Waals surface area contributed by atoms with E-state index in [9.17, 15) is 18.0 Å². The van der Waals surface area contributed by atoms with Crippen LogP contribution in [-0.2, 0) is 19.6 Å².